The molecule has 3 atom stereocenters. The Labute approximate surface area is 258 Å². The predicted octanol–water partition coefficient (Wildman–Crippen LogP) is 0.532. The molecule has 1 aromatic rings. The van der Waals surface area contributed by atoms with E-state index in [2.05, 4.69) is 36.7 Å². The van der Waals surface area contributed by atoms with Gasteiger partial charge in [-0.1, -0.05) is 5.16 Å². The second-order valence-electron chi connectivity index (χ2n) is 12.3. The van der Waals surface area contributed by atoms with Gasteiger partial charge in [0.05, 0.1) is 12.1 Å². The van der Waals surface area contributed by atoms with E-state index in [1.165, 1.54) is 19.2 Å². The number of anilines is 1. The van der Waals surface area contributed by atoms with Crippen molar-refractivity contribution in [2.75, 3.05) is 25.0 Å². The van der Waals surface area contributed by atoms with Crippen LogP contribution in [0.4, 0.5) is 14.7 Å². The zero-order valence-corrected chi connectivity index (χ0v) is 26.7. The van der Waals surface area contributed by atoms with Crippen LogP contribution in [0.1, 0.15) is 61.1 Å². The van der Waals surface area contributed by atoms with E-state index in [1.54, 1.807) is 41.5 Å². The van der Waals surface area contributed by atoms with Crippen molar-refractivity contribution in [1.29, 1.82) is 0 Å². The van der Waals surface area contributed by atoms with Crippen LogP contribution in [0.15, 0.2) is 10.5 Å². The second-order valence-corrected chi connectivity index (χ2v) is 13.1. The Morgan fingerprint density at radius 3 is 2.23 bits per heavy atom. The minimum absolute atomic E-state index is 0.0555. The van der Waals surface area contributed by atoms with Crippen molar-refractivity contribution < 1.29 is 48.5 Å². The minimum Gasteiger partial charge on any atom is -0.478 e. The van der Waals surface area contributed by atoms with Crippen LogP contribution < -0.4 is 26.6 Å². The average molecular weight is 644 g/mol. The Bertz CT molecular complexity index is 1250. The third kappa shape index (κ3) is 11.9. The lowest BCUT2D eigenvalue weighted by Crippen LogP contribution is -2.72. The van der Waals surface area contributed by atoms with Crippen LogP contribution in [0.5, 0.6) is 0 Å². The molecule has 1 aromatic heterocycles. The maximum absolute atomic E-state index is 13.3. The van der Waals surface area contributed by atoms with E-state index in [0.29, 0.717) is 0 Å². The van der Waals surface area contributed by atoms with E-state index in [9.17, 15) is 34.2 Å². The van der Waals surface area contributed by atoms with Crippen molar-refractivity contribution in [3.8, 4) is 0 Å². The number of ether oxygens (including phenoxy) is 2. The number of carboxylic acid groups (broad SMARTS) is 1. The maximum atomic E-state index is 13.3. The zero-order chi connectivity index (χ0) is 33.5. The Balaban J connectivity index is 2.05. The molecule has 0 spiro atoms. The van der Waals surface area contributed by atoms with E-state index in [-0.39, 0.29) is 30.5 Å². The molecule has 1 fully saturated rings. The van der Waals surface area contributed by atoms with Crippen LogP contribution in [0.2, 0.25) is 0 Å². The third-order valence-electron chi connectivity index (χ3n) is 5.37. The number of carbonyl (C=O) groups excluding carboxylic acids is 4. The largest absolute Gasteiger partial charge is 0.478 e. The molecule has 7 N–H and O–H groups in total. The highest BCUT2D eigenvalue weighted by molar-refractivity contribution is 7.14. The molecule has 0 saturated carbocycles. The molecular weight excluding hydrogens is 602 g/mol. The van der Waals surface area contributed by atoms with Crippen LogP contribution in [-0.4, -0.2) is 106 Å². The summed E-state index contributed by atoms with van der Waals surface area (Å²) in [6, 6.07) is -1.59. The number of carboxylic acids is 1. The van der Waals surface area contributed by atoms with E-state index >= 15 is 0 Å². The van der Waals surface area contributed by atoms with Gasteiger partial charge in [0.2, 0.25) is 11.5 Å². The van der Waals surface area contributed by atoms with Crippen LogP contribution in [0, 0.1) is 0 Å². The zero-order valence-electron chi connectivity index (χ0n) is 25.9. The van der Waals surface area contributed by atoms with Gasteiger partial charge in [-0.3, -0.25) is 14.9 Å². The molecule has 1 saturated heterocycles. The summed E-state index contributed by atoms with van der Waals surface area (Å²) in [5.74, 6) is -2.74. The van der Waals surface area contributed by atoms with Crippen LogP contribution in [0.3, 0.4) is 0 Å². The fourth-order valence-electron chi connectivity index (χ4n) is 3.21. The summed E-state index contributed by atoms with van der Waals surface area (Å²) in [5.41, 5.74) is -3.76. The number of aliphatic hydroxyl groups is 1. The van der Waals surface area contributed by atoms with Crippen LogP contribution in [-0.2, 0) is 28.7 Å². The summed E-state index contributed by atoms with van der Waals surface area (Å²) in [6.07, 6.45) is -2.42. The third-order valence-corrected chi connectivity index (χ3v) is 6.13. The summed E-state index contributed by atoms with van der Waals surface area (Å²) in [6.45, 7) is 12.8. The highest BCUT2D eigenvalue weighted by atomic mass is 32.1. The van der Waals surface area contributed by atoms with Crippen molar-refractivity contribution in [2.24, 2.45) is 5.16 Å². The molecule has 0 aromatic carbocycles. The summed E-state index contributed by atoms with van der Waals surface area (Å²) in [4.78, 5) is 70.2. The van der Waals surface area contributed by atoms with E-state index in [0.717, 1.165) is 11.3 Å². The molecule has 0 aliphatic carbocycles. The first-order chi connectivity index (χ1) is 20.2. The predicted molar refractivity (Wildman–Crippen MR) is 158 cm³/mol. The van der Waals surface area contributed by atoms with Gasteiger partial charge in [-0.15, -0.1) is 11.3 Å². The van der Waals surface area contributed by atoms with E-state index in [1.807, 2.05) is 0 Å². The summed E-state index contributed by atoms with van der Waals surface area (Å²) >= 11 is 0.948. The van der Waals surface area contributed by atoms with Gasteiger partial charge < -0.3 is 45.8 Å². The number of carbonyl (C=O) groups is 5. The van der Waals surface area contributed by atoms with Crippen molar-refractivity contribution in [3.63, 3.8) is 0 Å². The monoisotopic (exact) mass is 643 g/mol. The van der Waals surface area contributed by atoms with Crippen molar-refractivity contribution in [2.45, 2.75) is 90.4 Å². The van der Waals surface area contributed by atoms with Gasteiger partial charge in [-0.05, 0) is 55.4 Å². The average Bonchev–Trinajstić information content (AvgIpc) is 3.31. The van der Waals surface area contributed by atoms with Gasteiger partial charge in [0.1, 0.15) is 22.9 Å². The fraction of sp³-hybridized carbons (Fsp3) is 0.654. The topological polar surface area (TPSA) is 239 Å². The number of oxime groups is 1. The molecule has 246 valence electrons. The molecular formula is C26H41N7O10S. The molecule has 18 heteroatoms. The van der Waals surface area contributed by atoms with Crippen LogP contribution in [0.25, 0.3) is 0 Å². The standard InChI is InChI=1S/C26H41N7O10S/c1-24(2,3)41-22(39)28-10-13(34)9-27-11-14-16(18(35)29-14)31-19(36)17(33-43-26(7,8)20(37)38)15-12-44-21(30-15)32-23(40)42-25(4,5)6/h12-14,16,27,34H,9-11H2,1-8H3,(H,28,39)(H,29,35)(H,31,36)(H,37,38)(H,30,32,40)/b33-17-/t13-,14-,16+/m1/s1. The first-order valence-corrected chi connectivity index (χ1v) is 14.5. The van der Waals surface area contributed by atoms with E-state index < -0.39 is 70.7 Å². The smallest absolute Gasteiger partial charge is 0.413 e. The quantitative estimate of drug-likeness (QED) is 0.0885. The fourth-order valence-corrected chi connectivity index (χ4v) is 3.89. The maximum Gasteiger partial charge on any atom is 0.413 e. The van der Waals surface area contributed by atoms with Gasteiger partial charge in [0, 0.05) is 25.0 Å². The van der Waals surface area contributed by atoms with Gasteiger partial charge >= 0.3 is 18.2 Å². The lowest BCUT2D eigenvalue weighted by molar-refractivity contribution is -0.161. The number of thiazole rings is 1. The number of nitrogens with one attached hydrogen (secondary N) is 5. The summed E-state index contributed by atoms with van der Waals surface area (Å²) in [5, 5.41) is 37.7. The number of β-lactam (4-membered cyclic amide) rings is 1. The molecule has 0 radical (unpaired) electrons. The number of amides is 4. The van der Waals surface area contributed by atoms with Gasteiger partial charge in [-0.2, -0.15) is 0 Å². The molecule has 1 aliphatic rings. The molecule has 0 bridgehead atoms. The van der Waals surface area contributed by atoms with Crippen molar-refractivity contribution >= 4 is 52.2 Å². The number of rotatable bonds is 13. The Morgan fingerprint density at radius 1 is 1.05 bits per heavy atom. The number of aliphatic carboxylic acids is 1. The van der Waals surface area contributed by atoms with Crippen molar-refractivity contribution in [1.82, 2.24) is 26.3 Å². The van der Waals surface area contributed by atoms with Gasteiger partial charge in [-0.25, -0.2) is 19.4 Å². The number of nitrogens with zero attached hydrogens (tertiary/aromatic N) is 2. The normalized spacial score (nSPS) is 17.8. The lowest BCUT2D eigenvalue weighted by atomic mass is 9.98. The molecule has 4 amide bonds. The highest BCUT2D eigenvalue weighted by Crippen LogP contribution is 2.20. The lowest BCUT2D eigenvalue weighted by Gasteiger charge is -2.37. The first kappa shape index (κ1) is 36.2. The molecule has 2 heterocycles. The van der Waals surface area contributed by atoms with Gasteiger partial charge in [0.25, 0.3) is 5.91 Å². The number of alkyl carbamates (subject to hydrolysis) is 1. The number of hydrogen-bond donors (Lipinski definition) is 7. The Kier molecular flexibility index (Phi) is 12.0. The SMILES string of the molecule is CC(C)(C)OC(=O)NC[C@H](O)CNC[C@H]1NC(=O)[C@H]1NC(=O)/C(=N\OC(C)(C)C(=O)O)c1csc(NC(=O)OC(C)(C)C)n1. The Morgan fingerprint density at radius 2 is 1.66 bits per heavy atom. The number of hydrogen-bond acceptors (Lipinski definition) is 13. The number of aliphatic hydroxyl groups excluding tert-OH is 1. The molecule has 17 nitrogen and oxygen atoms in total. The Hall–Kier alpha value is -4.03. The van der Waals surface area contributed by atoms with Crippen molar-refractivity contribution in [3.05, 3.63) is 11.1 Å². The van der Waals surface area contributed by atoms with E-state index in [4.69, 9.17) is 14.3 Å². The number of aromatic nitrogens is 1. The molecule has 44 heavy (non-hydrogen) atoms. The molecule has 2 rings (SSSR count). The highest BCUT2D eigenvalue weighted by Gasteiger charge is 2.41. The molecule has 1 aliphatic heterocycles. The summed E-state index contributed by atoms with van der Waals surface area (Å²) in [7, 11) is 0. The summed E-state index contributed by atoms with van der Waals surface area (Å²) < 4.78 is 10.3. The first-order valence-electron chi connectivity index (χ1n) is 13.6. The minimum atomic E-state index is -1.81. The second kappa shape index (κ2) is 14.6. The van der Waals surface area contributed by atoms with Gasteiger partial charge in [0.15, 0.2) is 10.8 Å². The van der Waals surface area contributed by atoms with Crippen LogP contribution >= 0.6 is 11.3 Å². The molecule has 0 unspecified atom stereocenters.